The van der Waals surface area contributed by atoms with Gasteiger partial charge in [-0.2, -0.15) is 0 Å². The van der Waals surface area contributed by atoms with Crippen LogP contribution >= 0.6 is 22.9 Å². The summed E-state index contributed by atoms with van der Waals surface area (Å²) in [5, 5.41) is 1.16. The Morgan fingerprint density at radius 2 is 1.74 bits per heavy atom. The molecule has 3 heteroatoms. The van der Waals surface area contributed by atoms with E-state index in [0.717, 1.165) is 16.9 Å². The van der Waals surface area contributed by atoms with Gasteiger partial charge in [0.1, 0.15) is 0 Å². The highest BCUT2D eigenvalue weighted by molar-refractivity contribution is 7.18. The number of aromatic nitrogens is 1. The van der Waals surface area contributed by atoms with E-state index in [9.17, 15) is 0 Å². The molecule has 0 saturated carbocycles. The number of rotatable bonds is 4. The molecule has 1 atom stereocenters. The quantitative estimate of drug-likeness (QED) is 0.624. The summed E-state index contributed by atoms with van der Waals surface area (Å²) in [6.45, 7) is 0. The normalized spacial score (nSPS) is 12.7. The summed E-state index contributed by atoms with van der Waals surface area (Å²) in [5.41, 5.74) is 2.38. The van der Waals surface area contributed by atoms with Gasteiger partial charge in [0.25, 0.3) is 0 Å². The predicted molar refractivity (Wildman–Crippen MR) is 83.2 cm³/mol. The van der Waals surface area contributed by atoms with E-state index < -0.39 is 0 Å². The van der Waals surface area contributed by atoms with E-state index in [1.54, 1.807) is 11.3 Å². The van der Waals surface area contributed by atoms with Crippen LogP contribution in [0.3, 0.4) is 0 Å². The van der Waals surface area contributed by atoms with Crippen LogP contribution in [0.25, 0.3) is 10.2 Å². The van der Waals surface area contributed by atoms with Gasteiger partial charge >= 0.3 is 0 Å². The van der Waals surface area contributed by atoms with Crippen molar-refractivity contribution in [3.63, 3.8) is 0 Å². The second-order valence-electron chi connectivity index (χ2n) is 4.54. The van der Waals surface area contributed by atoms with Crippen LogP contribution in [0.2, 0.25) is 0 Å². The SMILES string of the molecule is ClCC(Cc1nc2ccccc2s1)c1ccccc1. The summed E-state index contributed by atoms with van der Waals surface area (Å²) in [6.07, 6.45) is 0.910. The molecule has 2 aromatic carbocycles. The number of halogens is 1. The van der Waals surface area contributed by atoms with E-state index in [4.69, 9.17) is 11.6 Å². The summed E-state index contributed by atoms with van der Waals surface area (Å²) in [6, 6.07) is 18.7. The minimum Gasteiger partial charge on any atom is -0.241 e. The molecular weight excluding hydrogens is 274 g/mol. The number of nitrogens with zero attached hydrogens (tertiary/aromatic N) is 1. The highest BCUT2D eigenvalue weighted by Gasteiger charge is 2.13. The molecule has 0 fully saturated rings. The Bertz CT molecular complexity index is 630. The predicted octanol–water partition coefficient (Wildman–Crippen LogP) is 4.86. The third-order valence-electron chi connectivity index (χ3n) is 3.22. The first-order valence-corrected chi connectivity index (χ1v) is 7.67. The van der Waals surface area contributed by atoms with Gasteiger partial charge in [-0.25, -0.2) is 4.98 Å². The maximum Gasteiger partial charge on any atom is 0.0945 e. The van der Waals surface area contributed by atoms with Crippen LogP contribution in [0.5, 0.6) is 0 Å². The molecule has 0 spiro atoms. The van der Waals surface area contributed by atoms with Gasteiger partial charge < -0.3 is 0 Å². The molecule has 0 N–H and O–H groups in total. The topological polar surface area (TPSA) is 12.9 Å². The Kier molecular flexibility index (Phi) is 3.81. The number of para-hydroxylation sites is 1. The molecule has 1 nitrogen and oxygen atoms in total. The van der Waals surface area contributed by atoms with Gasteiger partial charge in [-0.1, -0.05) is 42.5 Å². The fourth-order valence-electron chi connectivity index (χ4n) is 2.20. The van der Waals surface area contributed by atoms with Crippen molar-refractivity contribution in [2.45, 2.75) is 12.3 Å². The summed E-state index contributed by atoms with van der Waals surface area (Å²) in [4.78, 5) is 4.69. The van der Waals surface area contributed by atoms with Crippen molar-refractivity contribution in [3.8, 4) is 0 Å². The number of fused-ring (bicyclic) bond motifs is 1. The minimum atomic E-state index is 0.337. The number of benzene rings is 2. The maximum atomic E-state index is 6.13. The van der Waals surface area contributed by atoms with E-state index in [0.29, 0.717) is 11.8 Å². The van der Waals surface area contributed by atoms with Crippen LogP contribution in [0.4, 0.5) is 0 Å². The summed E-state index contributed by atoms with van der Waals surface area (Å²) < 4.78 is 1.25. The molecule has 0 aliphatic rings. The number of hydrogen-bond donors (Lipinski definition) is 0. The zero-order valence-corrected chi connectivity index (χ0v) is 12.0. The maximum absolute atomic E-state index is 6.13. The molecule has 0 bridgehead atoms. The highest BCUT2D eigenvalue weighted by atomic mass is 35.5. The number of thiazole rings is 1. The lowest BCUT2D eigenvalue weighted by molar-refractivity contribution is 0.763. The smallest absolute Gasteiger partial charge is 0.0945 e. The van der Waals surface area contributed by atoms with Gasteiger partial charge in [-0.15, -0.1) is 22.9 Å². The molecular formula is C16H14ClNS. The fraction of sp³-hybridized carbons (Fsp3) is 0.188. The van der Waals surface area contributed by atoms with Crippen molar-refractivity contribution in [1.29, 1.82) is 0 Å². The van der Waals surface area contributed by atoms with Crippen molar-refractivity contribution >= 4 is 33.2 Å². The minimum absolute atomic E-state index is 0.337. The zero-order chi connectivity index (χ0) is 13.1. The van der Waals surface area contributed by atoms with Crippen LogP contribution in [0, 0.1) is 0 Å². The molecule has 0 radical (unpaired) electrons. The van der Waals surface area contributed by atoms with Crippen molar-refractivity contribution in [2.75, 3.05) is 5.88 Å². The van der Waals surface area contributed by atoms with Gasteiger partial charge in [0.05, 0.1) is 15.2 Å². The van der Waals surface area contributed by atoms with E-state index in [1.165, 1.54) is 10.3 Å². The molecule has 3 aromatic rings. The first kappa shape index (κ1) is 12.6. The molecule has 1 unspecified atom stereocenters. The Morgan fingerprint density at radius 3 is 2.47 bits per heavy atom. The van der Waals surface area contributed by atoms with Gasteiger partial charge in [-0.3, -0.25) is 0 Å². The number of alkyl halides is 1. The summed E-state index contributed by atoms with van der Waals surface area (Å²) >= 11 is 7.89. The van der Waals surface area contributed by atoms with Crippen LogP contribution in [-0.2, 0) is 6.42 Å². The molecule has 0 aliphatic heterocycles. The molecule has 3 rings (SSSR count). The third-order valence-corrected chi connectivity index (χ3v) is 4.65. The highest BCUT2D eigenvalue weighted by Crippen LogP contribution is 2.27. The molecule has 19 heavy (non-hydrogen) atoms. The van der Waals surface area contributed by atoms with E-state index in [2.05, 4.69) is 47.4 Å². The van der Waals surface area contributed by atoms with Gasteiger partial charge in [0, 0.05) is 18.2 Å². The monoisotopic (exact) mass is 287 g/mol. The molecule has 0 amide bonds. The average Bonchev–Trinajstić information content (AvgIpc) is 2.88. The van der Waals surface area contributed by atoms with E-state index >= 15 is 0 Å². The Morgan fingerprint density at radius 1 is 1.00 bits per heavy atom. The number of hydrogen-bond acceptors (Lipinski definition) is 2. The molecule has 1 heterocycles. The third kappa shape index (κ3) is 2.80. The van der Waals surface area contributed by atoms with Crippen LogP contribution < -0.4 is 0 Å². The van der Waals surface area contributed by atoms with E-state index in [-0.39, 0.29) is 0 Å². The van der Waals surface area contributed by atoms with Crippen molar-refractivity contribution in [2.24, 2.45) is 0 Å². The molecule has 1 aromatic heterocycles. The Balaban J connectivity index is 1.86. The van der Waals surface area contributed by atoms with Crippen molar-refractivity contribution in [1.82, 2.24) is 4.98 Å². The van der Waals surface area contributed by atoms with Gasteiger partial charge in [0.15, 0.2) is 0 Å². The van der Waals surface area contributed by atoms with Crippen molar-refractivity contribution < 1.29 is 0 Å². The fourth-order valence-corrected chi connectivity index (χ4v) is 3.54. The van der Waals surface area contributed by atoms with E-state index in [1.807, 2.05) is 12.1 Å². The molecule has 96 valence electrons. The lowest BCUT2D eigenvalue weighted by atomic mass is 9.98. The van der Waals surface area contributed by atoms with Crippen molar-refractivity contribution in [3.05, 3.63) is 65.2 Å². The zero-order valence-electron chi connectivity index (χ0n) is 10.4. The first-order valence-electron chi connectivity index (χ1n) is 6.32. The molecule has 0 saturated heterocycles. The summed E-state index contributed by atoms with van der Waals surface area (Å²) in [7, 11) is 0. The van der Waals surface area contributed by atoms with Crippen LogP contribution in [0.15, 0.2) is 54.6 Å². The lowest BCUT2D eigenvalue weighted by Crippen LogP contribution is -2.04. The van der Waals surface area contributed by atoms with Gasteiger partial charge in [0.2, 0.25) is 0 Å². The standard InChI is InChI=1S/C16H14ClNS/c17-11-13(12-6-2-1-3-7-12)10-16-18-14-8-4-5-9-15(14)19-16/h1-9,13H,10-11H2. The second kappa shape index (κ2) is 5.72. The van der Waals surface area contributed by atoms with Crippen LogP contribution in [-0.4, -0.2) is 10.9 Å². The first-order chi connectivity index (χ1) is 9.36. The second-order valence-corrected chi connectivity index (χ2v) is 5.97. The van der Waals surface area contributed by atoms with Crippen LogP contribution in [0.1, 0.15) is 16.5 Å². The van der Waals surface area contributed by atoms with Gasteiger partial charge in [-0.05, 0) is 17.7 Å². The summed E-state index contributed by atoms with van der Waals surface area (Å²) in [5.74, 6) is 0.961. The lowest BCUT2D eigenvalue weighted by Gasteiger charge is -2.12. The molecule has 0 aliphatic carbocycles. The largest absolute Gasteiger partial charge is 0.241 e. The average molecular weight is 288 g/mol. The Labute approximate surface area is 121 Å². The Hall–Kier alpha value is -1.38.